The highest BCUT2D eigenvalue weighted by atomic mass is 127. The molecule has 11 heteroatoms. The lowest BCUT2D eigenvalue weighted by molar-refractivity contribution is -0.136. The lowest BCUT2D eigenvalue weighted by atomic mass is 9.93. The van der Waals surface area contributed by atoms with Crippen LogP contribution in [0.25, 0.3) is 0 Å². The lowest BCUT2D eigenvalue weighted by Gasteiger charge is -2.28. The van der Waals surface area contributed by atoms with Crippen LogP contribution in [0.5, 0.6) is 0 Å². The number of nitrogens with one attached hydrogen (secondary N) is 2. The largest absolute Gasteiger partial charge is 0.480 e. The normalized spacial score (nSPS) is 25.2. The van der Waals surface area contributed by atoms with Gasteiger partial charge in [-0.05, 0) is 31.5 Å². The van der Waals surface area contributed by atoms with Crippen LogP contribution in [-0.4, -0.2) is 59.1 Å². The van der Waals surface area contributed by atoms with Crippen molar-refractivity contribution in [2.75, 3.05) is 6.54 Å². The monoisotopic (exact) mass is 527 g/mol. The average Bonchev–Trinajstić information content (AvgIpc) is 2.91. The van der Waals surface area contributed by atoms with Crippen molar-refractivity contribution in [2.24, 2.45) is 0 Å². The fourth-order valence-electron chi connectivity index (χ4n) is 3.17. The summed E-state index contributed by atoms with van der Waals surface area (Å²) in [4.78, 5) is 25.2. The molecule has 4 atom stereocenters. The van der Waals surface area contributed by atoms with Gasteiger partial charge in [-0.3, -0.25) is 19.1 Å². The molecule has 9 nitrogen and oxygen atoms in total. The Balaban J connectivity index is 2.25. The highest BCUT2D eigenvalue weighted by molar-refractivity contribution is 14.1. The number of aromatic amines is 1. The third-order valence-corrected chi connectivity index (χ3v) is 7.36. The van der Waals surface area contributed by atoms with Crippen molar-refractivity contribution < 1.29 is 24.9 Å². The number of aromatic nitrogens is 2. The highest BCUT2D eigenvalue weighted by Gasteiger charge is 2.46. The van der Waals surface area contributed by atoms with Crippen LogP contribution in [0.2, 0.25) is 0 Å². The van der Waals surface area contributed by atoms with E-state index >= 15 is 0 Å². The minimum atomic E-state index is -1.21. The van der Waals surface area contributed by atoms with E-state index in [9.17, 15) is 19.8 Å². The summed E-state index contributed by atoms with van der Waals surface area (Å²) in [6, 6.07) is 0. The van der Waals surface area contributed by atoms with Gasteiger partial charge in [0.25, 0.3) is 5.56 Å². The van der Waals surface area contributed by atoms with Crippen molar-refractivity contribution in [2.45, 2.75) is 67.6 Å². The molecule has 1 saturated heterocycles. The maximum Gasteiger partial charge on any atom is 0.317 e. The first kappa shape index (κ1) is 23.4. The summed E-state index contributed by atoms with van der Waals surface area (Å²) < 4.78 is 7.34. The topological polar surface area (TPSA) is 137 Å². The van der Waals surface area contributed by atoms with Crippen LogP contribution < -0.4 is 10.9 Å². The number of carboxylic acids is 1. The highest BCUT2D eigenvalue weighted by Crippen LogP contribution is 2.39. The first-order valence-corrected chi connectivity index (χ1v) is 10.6. The minimum absolute atomic E-state index is 0.00851. The van der Waals surface area contributed by atoms with E-state index in [-0.39, 0.29) is 26.8 Å². The number of nitrogens with zero attached hydrogens (tertiary/aromatic N) is 1. The second kappa shape index (κ2) is 9.76. The Kier molecular flexibility index (Phi) is 8.16. The zero-order valence-corrected chi connectivity index (χ0v) is 18.7. The van der Waals surface area contributed by atoms with Crippen LogP contribution in [0.4, 0.5) is 0 Å². The van der Waals surface area contributed by atoms with Gasteiger partial charge in [0.15, 0.2) is 11.0 Å². The number of halogens is 1. The molecule has 1 fully saturated rings. The Morgan fingerprint density at radius 2 is 2.04 bits per heavy atom. The number of carbonyl (C=O) groups is 1. The van der Waals surface area contributed by atoms with E-state index in [4.69, 9.17) is 22.1 Å². The van der Waals surface area contributed by atoms with Crippen molar-refractivity contribution >= 4 is 40.8 Å². The van der Waals surface area contributed by atoms with E-state index < -0.39 is 36.1 Å². The number of alkyl halides is 1. The van der Waals surface area contributed by atoms with Gasteiger partial charge in [-0.2, -0.15) is 0 Å². The molecule has 0 radical (unpaired) electrons. The first-order chi connectivity index (χ1) is 13.1. The molecule has 2 rings (SSSR count). The number of aliphatic hydroxyl groups is 2. The second-order valence-electron chi connectivity index (χ2n) is 6.93. The van der Waals surface area contributed by atoms with Gasteiger partial charge in [0.05, 0.1) is 12.6 Å². The number of ether oxygens (including phenoxy) is 1. The predicted octanol–water partition coefficient (Wildman–Crippen LogP) is 1.08. The number of hydrogen-bond acceptors (Lipinski definition) is 7. The van der Waals surface area contributed by atoms with Gasteiger partial charge in [-0.25, -0.2) is 0 Å². The van der Waals surface area contributed by atoms with Crippen molar-refractivity contribution in [1.82, 2.24) is 14.9 Å². The number of hydrogen-bond donors (Lipinski definition) is 5. The SMILES string of the molecule is CCC(I)(CC)C[C@H]1OC(n2cc(CNCC(=O)O)c(=O)[nH]c2=S)[C@H](O)[C@@H]1O. The molecule has 1 aliphatic heterocycles. The van der Waals surface area contributed by atoms with E-state index in [0.29, 0.717) is 6.42 Å². The molecule has 28 heavy (non-hydrogen) atoms. The number of aliphatic hydroxyl groups excluding tert-OH is 2. The van der Waals surface area contributed by atoms with Crippen LogP contribution in [0.1, 0.15) is 44.9 Å². The summed E-state index contributed by atoms with van der Waals surface area (Å²) in [6.07, 6.45) is -0.0220. The molecule has 0 aromatic carbocycles. The molecule has 1 aliphatic rings. The van der Waals surface area contributed by atoms with Crippen LogP contribution in [0.3, 0.4) is 0 Å². The fourth-order valence-corrected chi connectivity index (χ4v) is 3.86. The number of rotatable bonds is 9. The second-order valence-corrected chi connectivity index (χ2v) is 9.60. The smallest absolute Gasteiger partial charge is 0.317 e. The van der Waals surface area contributed by atoms with E-state index in [0.717, 1.165) is 12.8 Å². The van der Waals surface area contributed by atoms with Crippen LogP contribution in [-0.2, 0) is 16.1 Å². The minimum Gasteiger partial charge on any atom is -0.480 e. The van der Waals surface area contributed by atoms with Gasteiger partial charge >= 0.3 is 5.97 Å². The Bertz CT molecular complexity index is 809. The van der Waals surface area contributed by atoms with E-state index in [1.807, 2.05) is 0 Å². The van der Waals surface area contributed by atoms with Gasteiger partial charge in [-0.1, -0.05) is 36.4 Å². The summed E-state index contributed by atoms with van der Waals surface area (Å²) in [7, 11) is 0. The first-order valence-electron chi connectivity index (χ1n) is 9.09. The Labute approximate surface area is 181 Å². The number of aliphatic carboxylic acids is 1. The van der Waals surface area contributed by atoms with Crippen LogP contribution >= 0.6 is 34.8 Å². The Morgan fingerprint density at radius 1 is 1.39 bits per heavy atom. The molecule has 1 aromatic heterocycles. The molecule has 0 amide bonds. The molecule has 1 unspecified atom stereocenters. The molecule has 0 aliphatic carbocycles. The summed E-state index contributed by atoms with van der Waals surface area (Å²) in [5.41, 5.74) is -0.207. The molecular weight excluding hydrogens is 501 g/mol. The average molecular weight is 527 g/mol. The molecule has 0 bridgehead atoms. The molecular formula is C17H26IN3O6S. The summed E-state index contributed by atoms with van der Waals surface area (Å²) in [6.45, 7) is 3.85. The van der Waals surface area contributed by atoms with Crippen molar-refractivity contribution in [1.29, 1.82) is 0 Å². The number of carboxylic acid groups (broad SMARTS) is 1. The molecule has 5 N–H and O–H groups in total. The molecule has 1 aromatic rings. The Morgan fingerprint density at radius 3 is 2.61 bits per heavy atom. The van der Waals surface area contributed by atoms with Crippen LogP contribution in [0, 0.1) is 4.77 Å². The van der Waals surface area contributed by atoms with Crippen molar-refractivity contribution in [3.8, 4) is 0 Å². The summed E-state index contributed by atoms with van der Waals surface area (Å²) in [5, 5.41) is 32.4. The maximum absolute atomic E-state index is 12.1. The third kappa shape index (κ3) is 5.39. The van der Waals surface area contributed by atoms with Crippen molar-refractivity contribution in [3.63, 3.8) is 0 Å². The van der Waals surface area contributed by atoms with Gasteiger partial charge < -0.3 is 25.4 Å². The standard InChI is InChI=1S/C17H26IN3O6S/c1-3-17(18,4-2)5-10-12(24)13(25)15(27-10)21-8-9(6-19-7-11(22)23)14(26)20-16(21)28/h8,10,12-13,15,19,24-25H,3-7H2,1-2H3,(H,22,23)(H,20,26,28)/t10-,12-,13-,15?/m1/s1. The van der Waals surface area contributed by atoms with Gasteiger partial charge in [0, 0.05) is 21.7 Å². The van der Waals surface area contributed by atoms with Crippen molar-refractivity contribution in [3.05, 3.63) is 26.9 Å². The fraction of sp³-hybridized carbons (Fsp3) is 0.706. The maximum atomic E-state index is 12.1. The molecule has 158 valence electrons. The summed E-state index contributed by atoms with van der Waals surface area (Å²) in [5.74, 6) is -1.04. The lowest BCUT2D eigenvalue weighted by Crippen LogP contribution is -2.36. The van der Waals surface area contributed by atoms with E-state index in [1.165, 1.54) is 10.8 Å². The van der Waals surface area contributed by atoms with E-state index in [1.54, 1.807) is 0 Å². The van der Waals surface area contributed by atoms with E-state index in [2.05, 4.69) is 46.7 Å². The van der Waals surface area contributed by atoms with Gasteiger partial charge in [0.2, 0.25) is 0 Å². The Hall–Kier alpha value is -0.860. The predicted molar refractivity (Wildman–Crippen MR) is 113 cm³/mol. The van der Waals surface area contributed by atoms with Gasteiger partial charge in [0.1, 0.15) is 12.2 Å². The third-order valence-electron chi connectivity index (χ3n) is 5.08. The number of H-pyrrole nitrogens is 1. The molecule has 0 spiro atoms. The quantitative estimate of drug-likeness (QED) is 0.183. The van der Waals surface area contributed by atoms with Crippen LogP contribution in [0.15, 0.2) is 11.0 Å². The zero-order chi connectivity index (χ0) is 21.1. The zero-order valence-electron chi connectivity index (χ0n) is 15.7. The molecule has 2 heterocycles. The summed E-state index contributed by atoms with van der Waals surface area (Å²) >= 11 is 7.56. The molecule has 0 saturated carbocycles. The van der Waals surface area contributed by atoms with Gasteiger partial charge in [-0.15, -0.1) is 0 Å².